The summed E-state index contributed by atoms with van der Waals surface area (Å²) in [5.41, 5.74) is 0.834. The smallest absolute Gasteiger partial charge is 0.245 e. The van der Waals surface area contributed by atoms with Crippen LogP contribution in [0.15, 0.2) is 30.3 Å². The van der Waals surface area contributed by atoms with Gasteiger partial charge in [0.2, 0.25) is 29.5 Å². The average molecular weight is 600 g/mol. The van der Waals surface area contributed by atoms with Gasteiger partial charge in [0.25, 0.3) is 0 Å². The molecule has 1 aromatic carbocycles. The van der Waals surface area contributed by atoms with E-state index in [1.54, 1.807) is 7.05 Å². The van der Waals surface area contributed by atoms with Gasteiger partial charge in [0, 0.05) is 13.5 Å². The zero-order valence-electron chi connectivity index (χ0n) is 27.4. The molecule has 1 fully saturated rings. The van der Waals surface area contributed by atoms with E-state index in [1.807, 2.05) is 85.7 Å². The molecule has 5 amide bonds. The van der Waals surface area contributed by atoms with E-state index in [-0.39, 0.29) is 30.1 Å². The summed E-state index contributed by atoms with van der Waals surface area (Å²) in [6.07, 6.45) is 1.25. The molecular formula is C33H53N5O5. The van der Waals surface area contributed by atoms with Crippen LogP contribution in [0.1, 0.15) is 80.2 Å². The van der Waals surface area contributed by atoms with Crippen LogP contribution in [0.3, 0.4) is 0 Å². The Morgan fingerprint density at radius 3 is 1.63 bits per heavy atom. The Balaban J connectivity index is 2.65. The fourth-order valence-corrected chi connectivity index (χ4v) is 5.33. The molecule has 1 aliphatic rings. The molecule has 10 heteroatoms. The number of likely N-dealkylation sites (N-methyl/N-ethyl adjacent to an activating group) is 1. The quantitative estimate of drug-likeness (QED) is 0.346. The van der Waals surface area contributed by atoms with Crippen LogP contribution in [0.2, 0.25) is 0 Å². The van der Waals surface area contributed by atoms with Crippen LogP contribution in [-0.2, 0) is 30.4 Å². The zero-order valence-corrected chi connectivity index (χ0v) is 27.4. The Morgan fingerprint density at radius 2 is 1.09 bits per heavy atom. The number of nitrogens with one attached hydrogen (secondary N) is 4. The summed E-state index contributed by atoms with van der Waals surface area (Å²) in [4.78, 5) is 70.2. The van der Waals surface area contributed by atoms with Crippen LogP contribution in [0.5, 0.6) is 0 Å². The highest BCUT2D eigenvalue weighted by Crippen LogP contribution is 2.17. The molecule has 1 saturated heterocycles. The molecule has 5 atom stereocenters. The molecule has 10 nitrogen and oxygen atoms in total. The van der Waals surface area contributed by atoms with Crippen LogP contribution in [-0.4, -0.2) is 71.7 Å². The highest BCUT2D eigenvalue weighted by atomic mass is 16.2. The second-order valence-corrected chi connectivity index (χ2v) is 13.5. The van der Waals surface area contributed by atoms with Crippen molar-refractivity contribution in [3.8, 4) is 0 Å². The van der Waals surface area contributed by atoms with E-state index in [0.717, 1.165) is 5.56 Å². The molecule has 0 radical (unpaired) electrons. The normalized spacial score (nSPS) is 24.9. The number of amides is 5. The fraction of sp³-hybridized carbons (Fsp3) is 0.667. The van der Waals surface area contributed by atoms with E-state index in [4.69, 9.17) is 0 Å². The molecule has 0 aliphatic carbocycles. The lowest BCUT2D eigenvalue weighted by Gasteiger charge is -2.34. The van der Waals surface area contributed by atoms with Crippen LogP contribution < -0.4 is 21.3 Å². The van der Waals surface area contributed by atoms with Gasteiger partial charge in [-0.1, -0.05) is 85.7 Å². The van der Waals surface area contributed by atoms with Crippen molar-refractivity contribution < 1.29 is 24.0 Å². The summed E-state index contributed by atoms with van der Waals surface area (Å²) in [5, 5.41) is 11.5. The third-order valence-electron chi connectivity index (χ3n) is 7.64. The Morgan fingerprint density at radius 1 is 0.605 bits per heavy atom. The molecule has 0 unspecified atom stereocenters. The summed E-state index contributed by atoms with van der Waals surface area (Å²) in [7, 11) is 1.57. The van der Waals surface area contributed by atoms with Crippen molar-refractivity contribution in [2.24, 2.45) is 23.7 Å². The lowest BCUT2D eigenvalue weighted by atomic mass is 9.97. The summed E-state index contributed by atoms with van der Waals surface area (Å²) in [5.74, 6) is -2.42. The Hall–Kier alpha value is -3.43. The average Bonchev–Trinajstić information content (AvgIpc) is 2.91. The molecule has 240 valence electrons. The second-order valence-electron chi connectivity index (χ2n) is 13.5. The van der Waals surface area contributed by atoms with Gasteiger partial charge in [-0.05, 0) is 48.5 Å². The Labute approximate surface area is 257 Å². The number of benzene rings is 1. The van der Waals surface area contributed by atoms with E-state index in [2.05, 4.69) is 21.3 Å². The molecule has 1 aromatic rings. The summed E-state index contributed by atoms with van der Waals surface area (Å²) in [6, 6.07) is 4.70. The summed E-state index contributed by atoms with van der Waals surface area (Å²) >= 11 is 0. The largest absolute Gasteiger partial charge is 0.343 e. The number of carbonyl (C=O) groups is 5. The first-order chi connectivity index (χ1) is 20.1. The first-order valence-electron chi connectivity index (χ1n) is 15.6. The topological polar surface area (TPSA) is 137 Å². The van der Waals surface area contributed by atoms with Crippen molar-refractivity contribution in [3.05, 3.63) is 35.9 Å². The van der Waals surface area contributed by atoms with E-state index in [9.17, 15) is 24.0 Å². The van der Waals surface area contributed by atoms with Gasteiger partial charge in [0.15, 0.2) is 0 Å². The minimum atomic E-state index is -0.994. The molecule has 4 N–H and O–H groups in total. The zero-order chi connectivity index (χ0) is 32.4. The predicted molar refractivity (Wildman–Crippen MR) is 168 cm³/mol. The van der Waals surface area contributed by atoms with Crippen LogP contribution in [0.25, 0.3) is 0 Å². The molecular weight excluding hydrogens is 546 g/mol. The lowest BCUT2D eigenvalue weighted by Crippen LogP contribution is -2.59. The Kier molecular flexibility index (Phi) is 13.7. The van der Waals surface area contributed by atoms with Crippen molar-refractivity contribution in [3.63, 3.8) is 0 Å². The first-order valence-corrected chi connectivity index (χ1v) is 15.6. The predicted octanol–water partition coefficient (Wildman–Crippen LogP) is 2.80. The molecule has 0 bridgehead atoms. The number of hydrogen-bond donors (Lipinski definition) is 4. The van der Waals surface area contributed by atoms with Gasteiger partial charge >= 0.3 is 0 Å². The van der Waals surface area contributed by atoms with E-state index < -0.39 is 59.7 Å². The van der Waals surface area contributed by atoms with E-state index >= 15 is 0 Å². The van der Waals surface area contributed by atoms with Crippen molar-refractivity contribution in [1.29, 1.82) is 0 Å². The van der Waals surface area contributed by atoms with Gasteiger partial charge in [-0.3, -0.25) is 24.0 Å². The lowest BCUT2D eigenvalue weighted by molar-refractivity contribution is -0.143. The molecule has 43 heavy (non-hydrogen) atoms. The summed E-state index contributed by atoms with van der Waals surface area (Å²) in [6.45, 7) is 15.4. The maximum atomic E-state index is 13.9. The monoisotopic (exact) mass is 599 g/mol. The number of rotatable bonds is 9. The second kappa shape index (κ2) is 16.4. The Bertz CT molecular complexity index is 1100. The molecule has 0 spiro atoms. The van der Waals surface area contributed by atoms with E-state index in [0.29, 0.717) is 19.3 Å². The SMILES string of the molecule is CC(C)C[C@@H]1NC(=O)[C@H](C(C)C)NC(=O)[C@H](CC(C)C)N(C)C(=O)[C@@H](CC(C)C)NC(=O)[C@H](Cc2ccccc2)NC1=O. The van der Waals surface area contributed by atoms with Crippen LogP contribution >= 0.6 is 0 Å². The number of nitrogens with zero attached hydrogens (tertiary/aromatic N) is 1. The minimum Gasteiger partial charge on any atom is -0.343 e. The van der Waals surface area contributed by atoms with Crippen molar-refractivity contribution in [2.75, 3.05) is 7.05 Å². The standard InChI is InChI=1S/C33H53N5O5/c1-19(2)15-24-29(39)34-25(18-23-13-11-10-12-14-23)30(40)36-26(16-20(3)4)33(43)38(9)27(17-21(5)6)31(41)37-28(22(7)8)32(42)35-24/h10-14,19-22,24-28H,15-18H2,1-9H3,(H,34,39)(H,35,42)(H,36,40)(H,37,41)/t24-,25-,26+,27-,28-/m0/s1. The maximum Gasteiger partial charge on any atom is 0.245 e. The maximum absolute atomic E-state index is 13.9. The first kappa shape index (κ1) is 35.8. The van der Waals surface area contributed by atoms with Gasteiger partial charge in [-0.2, -0.15) is 0 Å². The molecule has 1 heterocycles. The van der Waals surface area contributed by atoms with Gasteiger partial charge in [-0.25, -0.2) is 0 Å². The molecule has 2 rings (SSSR count). The molecule has 1 aliphatic heterocycles. The van der Waals surface area contributed by atoms with Gasteiger partial charge in [-0.15, -0.1) is 0 Å². The number of carbonyl (C=O) groups excluding carboxylic acids is 5. The van der Waals surface area contributed by atoms with Crippen LogP contribution in [0.4, 0.5) is 0 Å². The van der Waals surface area contributed by atoms with Crippen molar-refractivity contribution in [1.82, 2.24) is 26.2 Å². The number of hydrogen-bond acceptors (Lipinski definition) is 5. The van der Waals surface area contributed by atoms with Crippen LogP contribution in [0, 0.1) is 23.7 Å². The highest BCUT2D eigenvalue weighted by Gasteiger charge is 2.38. The third kappa shape index (κ3) is 11.0. The van der Waals surface area contributed by atoms with Gasteiger partial charge < -0.3 is 26.2 Å². The fourth-order valence-electron chi connectivity index (χ4n) is 5.33. The molecule has 0 saturated carbocycles. The van der Waals surface area contributed by atoms with Crippen molar-refractivity contribution in [2.45, 2.75) is 111 Å². The van der Waals surface area contributed by atoms with Crippen molar-refractivity contribution >= 4 is 29.5 Å². The highest BCUT2D eigenvalue weighted by molar-refractivity contribution is 5.98. The minimum absolute atomic E-state index is 0.0590. The summed E-state index contributed by atoms with van der Waals surface area (Å²) < 4.78 is 0. The van der Waals surface area contributed by atoms with E-state index in [1.165, 1.54) is 4.90 Å². The third-order valence-corrected chi connectivity index (χ3v) is 7.64. The molecule has 0 aromatic heterocycles. The van der Waals surface area contributed by atoms with Gasteiger partial charge in [0.05, 0.1) is 0 Å². The van der Waals surface area contributed by atoms with Gasteiger partial charge in [0.1, 0.15) is 30.2 Å².